The van der Waals surface area contributed by atoms with Crippen LogP contribution in [0.4, 0.5) is 0 Å². The molecule has 0 atom stereocenters. The van der Waals surface area contributed by atoms with Crippen molar-refractivity contribution in [2.45, 2.75) is 38.5 Å². The molecule has 0 N–H and O–H groups in total. The number of rotatable bonds is 0. The Kier molecular flexibility index (Phi) is 2.35. The molecular weight excluding hydrogens is 207 g/mol. The van der Waals surface area contributed by atoms with Crippen molar-refractivity contribution in [2.75, 3.05) is 0 Å². The molecule has 0 aliphatic heterocycles. The van der Waals surface area contributed by atoms with E-state index in [4.69, 9.17) is 0 Å². The molecule has 15 heavy (non-hydrogen) atoms. The molecule has 78 valence electrons. The van der Waals surface area contributed by atoms with Gasteiger partial charge in [-0.25, -0.2) is 0 Å². The first-order chi connectivity index (χ1) is 6.90. The van der Waals surface area contributed by atoms with Crippen molar-refractivity contribution in [2.24, 2.45) is 47.3 Å². The van der Waals surface area contributed by atoms with E-state index >= 15 is 0 Å². The van der Waals surface area contributed by atoms with Gasteiger partial charge in [-0.05, 0) is 85.9 Å². The summed E-state index contributed by atoms with van der Waals surface area (Å²) in [5.41, 5.74) is 0. The Bertz CT molecular complexity index is 216. The van der Waals surface area contributed by atoms with Gasteiger partial charge in [-0.2, -0.15) is 0 Å². The fourth-order valence-corrected chi connectivity index (χ4v) is 6.89. The Morgan fingerprint density at radius 3 is 0.867 bits per heavy atom. The van der Waals surface area contributed by atoms with Gasteiger partial charge in [0.15, 0.2) is 0 Å². The minimum absolute atomic E-state index is 0. The molecule has 0 radical (unpaired) electrons. The second-order valence-corrected chi connectivity index (χ2v) is 7.13. The molecule has 0 unspecified atom stereocenters. The van der Waals surface area contributed by atoms with Crippen LogP contribution in [-0.2, 0) is 0 Å². The van der Waals surface area contributed by atoms with Crippen LogP contribution in [-0.4, -0.2) is 0 Å². The molecule has 0 nitrogen and oxygen atoms in total. The van der Waals surface area contributed by atoms with Crippen LogP contribution >= 0.6 is 0 Å². The van der Waals surface area contributed by atoms with Gasteiger partial charge in [0.25, 0.3) is 0 Å². The zero-order valence-electron chi connectivity index (χ0n) is 10.9. The largest absolute Gasteiger partial charge is 1.00 e. The molecule has 0 saturated heterocycles. The van der Waals surface area contributed by atoms with Gasteiger partial charge in [0, 0.05) is 0 Å². The Morgan fingerprint density at radius 2 is 0.667 bits per heavy atom. The molecule has 0 aromatic heterocycles. The number of hydrogen-bond acceptors (Lipinski definition) is 0. The maximum atomic E-state index is 1.65. The number of hydrogen-bond donors (Lipinski definition) is 0. The van der Waals surface area contributed by atoms with Gasteiger partial charge in [-0.3, -0.25) is 0 Å². The van der Waals surface area contributed by atoms with Gasteiger partial charge in [0.2, 0.25) is 0 Å². The molecule has 0 aromatic rings. The van der Waals surface area contributed by atoms with Gasteiger partial charge in [0.05, 0.1) is 0 Å². The topological polar surface area (TPSA) is 0 Å². The first-order valence-electron chi connectivity index (χ1n) is 6.90. The Balaban J connectivity index is 0.000000405. The molecule has 7 aliphatic rings. The smallest absolute Gasteiger partial charge is 1.00 e. The van der Waals surface area contributed by atoms with E-state index in [1.54, 1.807) is 38.5 Å². The summed E-state index contributed by atoms with van der Waals surface area (Å²) in [5.74, 6) is 9.74. The summed E-state index contributed by atoms with van der Waals surface area (Å²) in [4.78, 5) is 0. The quantitative estimate of drug-likeness (QED) is 0.528. The van der Waals surface area contributed by atoms with E-state index in [2.05, 4.69) is 0 Å². The normalized spacial score (nSPS) is 67.2. The zero-order chi connectivity index (χ0) is 8.86. The van der Waals surface area contributed by atoms with Crippen LogP contribution < -0.4 is 51.4 Å². The van der Waals surface area contributed by atoms with Gasteiger partial charge in [-0.1, -0.05) is 0 Å². The summed E-state index contributed by atoms with van der Waals surface area (Å²) < 4.78 is 0. The van der Waals surface area contributed by atoms with Crippen molar-refractivity contribution in [3.05, 3.63) is 0 Å². The van der Waals surface area contributed by atoms with Crippen LogP contribution in [0.3, 0.4) is 0 Å². The molecule has 7 aliphatic carbocycles. The van der Waals surface area contributed by atoms with Crippen LogP contribution in [0.15, 0.2) is 0 Å². The van der Waals surface area contributed by atoms with Crippen molar-refractivity contribution in [3.8, 4) is 0 Å². The molecule has 0 spiro atoms. The molecule has 8 bridgehead atoms. The van der Waals surface area contributed by atoms with E-state index in [9.17, 15) is 0 Å². The van der Waals surface area contributed by atoms with Crippen LogP contribution in [0.2, 0.25) is 0 Å². The summed E-state index contributed by atoms with van der Waals surface area (Å²) in [7, 11) is 0. The summed E-state index contributed by atoms with van der Waals surface area (Å²) in [6.45, 7) is 0. The predicted molar refractivity (Wildman–Crippen MR) is 56.7 cm³/mol. The fraction of sp³-hybridized carbons (Fsp3) is 1.00. The molecule has 0 heterocycles. The van der Waals surface area contributed by atoms with Gasteiger partial charge < -0.3 is 1.43 Å². The van der Waals surface area contributed by atoms with Crippen molar-refractivity contribution in [1.82, 2.24) is 0 Å². The minimum Gasteiger partial charge on any atom is -1.00 e. The van der Waals surface area contributed by atoms with Crippen molar-refractivity contribution < 1.29 is 52.8 Å². The zero-order valence-corrected chi connectivity index (χ0v) is 13.0. The fourth-order valence-electron chi connectivity index (χ4n) is 6.89. The monoisotopic (exact) mass is 228 g/mol. The van der Waals surface area contributed by atoms with Crippen molar-refractivity contribution in [3.63, 3.8) is 0 Å². The molecule has 7 saturated carbocycles. The van der Waals surface area contributed by atoms with E-state index in [-0.39, 0.29) is 52.8 Å². The van der Waals surface area contributed by atoms with E-state index in [0.717, 1.165) is 0 Å². The van der Waals surface area contributed by atoms with E-state index in [1.165, 1.54) is 47.3 Å². The van der Waals surface area contributed by atoms with E-state index < -0.39 is 0 Å². The SMILES string of the molecule is C1C2CC3C4CC5CC(C14)C(C2)C3C5.[H-].[K+]. The molecule has 7 fully saturated rings. The summed E-state index contributed by atoms with van der Waals surface area (Å²) in [5, 5.41) is 0. The molecule has 0 aromatic carbocycles. The molecular formula is C14H21K. The molecule has 1 heteroatoms. The van der Waals surface area contributed by atoms with Gasteiger partial charge >= 0.3 is 51.4 Å². The van der Waals surface area contributed by atoms with Crippen LogP contribution in [0.25, 0.3) is 0 Å². The third kappa shape index (κ3) is 1.18. The predicted octanol–water partition coefficient (Wildman–Crippen LogP) is 0.441. The standard InChI is InChI=1S/C14H20.K.H/c1-7-2-12-10-4-8-5-11(9(1)10)13(3-7)14(12)6-8;;/h7-14H,1-6H2;;/q;+1;-1. The Hall–Kier alpha value is 1.64. The first-order valence-corrected chi connectivity index (χ1v) is 6.90. The minimum atomic E-state index is 0. The third-order valence-electron chi connectivity index (χ3n) is 6.93. The Labute approximate surface area is 137 Å². The second-order valence-electron chi connectivity index (χ2n) is 7.13. The molecule has 0 amide bonds. The maximum Gasteiger partial charge on any atom is 1.00 e. The average Bonchev–Trinajstić information content (AvgIpc) is 2.24. The van der Waals surface area contributed by atoms with Gasteiger partial charge in [0.1, 0.15) is 0 Å². The van der Waals surface area contributed by atoms with Gasteiger partial charge in [-0.15, -0.1) is 0 Å². The summed E-state index contributed by atoms with van der Waals surface area (Å²) in [6.07, 6.45) is 9.93. The summed E-state index contributed by atoms with van der Waals surface area (Å²) >= 11 is 0. The Morgan fingerprint density at radius 1 is 0.467 bits per heavy atom. The van der Waals surface area contributed by atoms with Crippen LogP contribution in [0.1, 0.15) is 40.0 Å². The first kappa shape index (κ1) is 10.5. The van der Waals surface area contributed by atoms with Crippen LogP contribution in [0.5, 0.6) is 0 Å². The molecule has 7 rings (SSSR count). The van der Waals surface area contributed by atoms with E-state index in [1.807, 2.05) is 0 Å². The van der Waals surface area contributed by atoms with E-state index in [0.29, 0.717) is 0 Å². The third-order valence-corrected chi connectivity index (χ3v) is 6.93. The van der Waals surface area contributed by atoms with Crippen molar-refractivity contribution >= 4 is 0 Å². The average molecular weight is 228 g/mol. The second kappa shape index (κ2) is 3.35. The van der Waals surface area contributed by atoms with Crippen LogP contribution in [0, 0.1) is 47.3 Å². The summed E-state index contributed by atoms with van der Waals surface area (Å²) in [6, 6.07) is 0. The van der Waals surface area contributed by atoms with Crippen molar-refractivity contribution in [1.29, 1.82) is 0 Å². The maximum absolute atomic E-state index is 1.65.